The maximum atomic E-state index is 7.48. The van der Waals surface area contributed by atoms with Crippen LogP contribution in [0.1, 0.15) is 225 Å². The molecule has 0 unspecified atom stereocenters. The van der Waals surface area contributed by atoms with Gasteiger partial charge in [-0.15, -0.1) is 0 Å². The van der Waals surface area contributed by atoms with Crippen molar-refractivity contribution in [1.29, 1.82) is 0 Å². The molecule has 12 bridgehead atoms. The van der Waals surface area contributed by atoms with Crippen molar-refractivity contribution in [2.75, 3.05) is 61.0 Å². The van der Waals surface area contributed by atoms with Crippen LogP contribution in [0, 0.1) is 0 Å². The molecule has 594 valence electrons. The highest BCUT2D eigenvalue weighted by Gasteiger charge is 2.32. The van der Waals surface area contributed by atoms with Gasteiger partial charge in [0.2, 0.25) is 0 Å². The summed E-state index contributed by atoms with van der Waals surface area (Å²) in [6, 6.07) is 72.5. The van der Waals surface area contributed by atoms with Gasteiger partial charge in [0.1, 0.15) is 91.4 Å². The first kappa shape index (κ1) is 81.6. The lowest BCUT2D eigenvalue weighted by Crippen LogP contribution is -2.18. The Kier molecular flexibility index (Phi) is 23.8. The summed E-state index contributed by atoms with van der Waals surface area (Å²) in [5, 5.41) is 6.54. The fourth-order valence-electron chi connectivity index (χ4n) is 16.1. The van der Waals surface area contributed by atoms with E-state index in [4.69, 9.17) is 42.6 Å². The molecule has 114 heavy (non-hydrogen) atoms. The zero-order valence-electron chi connectivity index (χ0n) is 71.7. The van der Waals surface area contributed by atoms with Crippen LogP contribution in [0.4, 0.5) is 0 Å². The molecular formula is C105H120O9. The normalized spacial score (nSPS) is 13.1. The molecular weight excluding hydrogens is 1410 g/mol. The van der Waals surface area contributed by atoms with Crippen molar-refractivity contribution >= 4 is 32.3 Å². The number of rotatable bonds is 18. The Labute approximate surface area is 679 Å². The first-order chi connectivity index (χ1) is 54.1. The van der Waals surface area contributed by atoms with E-state index in [1.165, 1.54) is 33.4 Å². The summed E-state index contributed by atoms with van der Waals surface area (Å²) < 4.78 is 63.5. The number of methoxy groups -OCH3 is 3. The van der Waals surface area contributed by atoms with Gasteiger partial charge >= 0.3 is 0 Å². The number of fused-ring (bicyclic) bond motifs is 15. The quantitative estimate of drug-likeness (QED) is 0.0780. The third-order valence-electron chi connectivity index (χ3n) is 22.6. The molecule has 1 aliphatic rings. The van der Waals surface area contributed by atoms with Crippen molar-refractivity contribution in [2.45, 2.75) is 196 Å². The minimum atomic E-state index is -0.274. The number of ether oxygens (including phenoxy) is 9. The summed E-state index contributed by atoms with van der Waals surface area (Å²) in [4.78, 5) is 0. The van der Waals surface area contributed by atoms with E-state index < -0.39 is 0 Å². The van der Waals surface area contributed by atoms with Gasteiger partial charge in [-0.05, 0) is 167 Å². The van der Waals surface area contributed by atoms with E-state index in [1.807, 2.05) is 21.3 Å². The van der Waals surface area contributed by atoms with Gasteiger partial charge in [0.25, 0.3) is 0 Å². The summed E-state index contributed by atoms with van der Waals surface area (Å²) in [6.07, 6.45) is 2.99. The maximum Gasteiger partial charge on any atom is 0.127 e. The Morgan fingerprint density at radius 1 is 0.202 bits per heavy atom. The summed E-state index contributed by atoms with van der Waals surface area (Å²) in [6.45, 7) is 43.4. The molecule has 0 spiro atoms. The predicted molar refractivity (Wildman–Crippen MR) is 472 cm³/mol. The highest BCUT2D eigenvalue weighted by Crippen LogP contribution is 2.47. The molecule has 9 nitrogen and oxygen atoms in total. The second kappa shape index (κ2) is 33.2. The molecule has 0 aromatic heterocycles. The van der Waals surface area contributed by atoms with Crippen LogP contribution in [0.15, 0.2) is 200 Å². The second-order valence-corrected chi connectivity index (χ2v) is 37.4. The number of hydrogen-bond donors (Lipinski definition) is 0. The topological polar surface area (TPSA) is 83.1 Å². The first-order valence-corrected chi connectivity index (χ1v) is 40.9. The van der Waals surface area contributed by atoms with Crippen LogP contribution in [-0.2, 0) is 71.0 Å². The van der Waals surface area contributed by atoms with Crippen LogP contribution in [0.5, 0.6) is 51.7 Å². The van der Waals surface area contributed by atoms with Crippen molar-refractivity contribution in [3.63, 3.8) is 0 Å². The number of benzene rings is 12. The van der Waals surface area contributed by atoms with Crippen molar-refractivity contribution in [3.05, 3.63) is 300 Å². The molecule has 0 heterocycles. The van der Waals surface area contributed by atoms with Crippen LogP contribution in [0.2, 0.25) is 0 Å². The van der Waals surface area contributed by atoms with E-state index in [1.54, 1.807) is 0 Å². The minimum absolute atomic E-state index is 0.265. The van der Waals surface area contributed by atoms with Gasteiger partial charge in [-0.25, -0.2) is 0 Å². The van der Waals surface area contributed by atoms with E-state index in [0.29, 0.717) is 58.3 Å². The second-order valence-electron chi connectivity index (χ2n) is 37.4. The molecule has 0 radical (unpaired) electrons. The fraction of sp³-hybridized carbons (Fsp3) is 0.371. The lowest BCUT2D eigenvalue weighted by Gasteiger charge is -2.29. The molecule has 9 heteroatoms. The molecule has 1 aliphatic carbocycles. The van der Waals surface area contributed by atoms with Gasteiger partial charge in [0.05, 0.1) is 21.3 Å². The highest BCUT2D eigenvalue weighted by atomic mass is 16.5. The molecule has 0 amide bonds. The fourth-order valence-corrected chi connectivity index (χ4v) is 16.1. The lowest BCUT2D eigenvalue weighted by atomic mass is 9.79. The molecule has 12 aromatic rings. The molecule has 12 aromatic carbocycles. The van der Waals surface area contributed by atoms with E-state index in [0.717, 1.165) is 151 Å². The van der Waals surface area contributed by atoms with Gasteiger partial charge in [-0.2, -0.15) is 0 Å². The van der Waals surface area contributed by atoms with Crippen LogP contribution >= 0.6 is 0 Å². The average Bonchev–Trinajstić information content (AvgIpc) is 0.765. The first-order valence-electron chi connectivity index (χ1n) is 40.9. The summed E-state index contributed by atoms with van der Waals surface area (Å²) in [7, 11) is 5.50. The monoisotopic (exact) mass is 1520 g/mol. The average molecular weight is 1530 g/mol. The standard InChI is InChI=1S/C105H120O9/c1-100(2,3)82-55-70-49-76-61-85(103(10,11)12)63-78(97(76)112-46-43-109-91-40-28-34-67-31-22-25-37-88(67)91)51-72-57-83(101(4,5)6)59-74(95(72)107-20)53-80-65-87(105(16,17)18)66-81(99(80)114-48-45-111-93-42-30-36-69-33-24-27-39-90(69)93)54-75-60-84(102(7,8)9)58-73(96(75)108-21)52-79-64-86(104(13,14)15)62-77(50-71(56-82)94(70)106-19)98(79)113-47-44-110-92-41-29-35-68-32-23-26-38-89(68)92/h22-42,55-66H,43-54H2,1-21H3. The number of hydrogen-bond acceptors (Lipinski definition) is 9. The molecule has 0 atom stereocenters. The van der Waals surface area contributed by atoms with Crippen molar-refractivity contribution in [2.24, 2.45) is 0 Å². The molecule has 0 saturated heterocycles. The van der Waals surface area contributed by atoms with E-state index >= 15 is 0 Å². The zero-order chi connectivity index (χ0) is 81.2. The highest BCUT2D eigenvalue weighted by molar-refractivity contribution is 5.90. The van der Waals surface area contributed by atoms with Gasteiger partial charge in [0.15, 0.2) is 0 Å². The summed E-state index contributed by atoms with van der Waals surface area (Å²) >= 11 is 0. The minimum Gasteiger partial charge on any atom is -0.496 e. The molecule has 13 rings (SSSR count). The van der Waals surface area contributed by atoms with Crippen LogP contribution in [-0.4, -0.2) is 61.0 Å². The van der Waals surface area contributed by atoms with Gasteiger partial charge in [-0.1, -0.05) is 307 Å². The third kappa shape index (κ3) is 18.5. The Hall–Kier alpha value is -10.4. The Balaban J connectivity index is 1.07. The molecule has 0 fully saturated rings. The molecule has 0 aliphatic heterocycles. The Bertz CT molecular complexity index is 4780. The zero-order valence-corrected chi connectivity index (χ0v) is 71.7. The maximum absolute atomic E-state index is 7.48. The van der Waals surface area contributed by atoms with Crippen LogP contribution in [0.25, 0.3) is 32.3 Å². The smallest absolute Gasteiger partial charge is 0.127 e. The van der Waals surface area contributed by atoms with Crippen molar-refractivity contribution in [3.8, 4) is 51.7 Å². The van der Waals surface area contributed by atoms with Gasteiger partial charge in [0, 0.05) is 54.7 Å². The van der Waals surface area contributed by atoms with Crippen molar-refractivity contribution < 1.29 is 42.6 Å². The summed E-state index contributed by atoms with van der Waals surface area (Å²) in [5.74, 6) is 7.37. The Morgan fingerprint density at radius 2 is 0.368 bits per heavy atom. The third-order valence-corrected chi connectivity index (χ3v) is 22.6. The van der Waals surface area contributed by atoms with Crippen molar-refractivity contribution in [1.82, 2.24) is 0 Å². The molecule has 0 saturated carbocycles. The SMILES string of the molecule is COc1c2cc(C(C)(C)C)cc1Cc1cc(C(C)(C)C)cc(c1OCCOc1cccc3ccccc13)Cc1cc(C(C)(C)C)cc(c1OC)Cc1cc(C(C)(C)C)cc(c1OCCOc1cccc3ccccc13)Cc1cc(C(C)(C)C)cc(c1OC)Cc1cc(C(C)(C)C)cc(c1OCCOc1cccc3ccccc13)C2. The van der Waals surface area contributed by atoms with Gasteiger partial charge in [-0.3, -0.25) is 0 Å². The lowest BCUT2D eigenvalue weighted by molar-refractivity contribution is 0.216. The van der Waals surface area contributed by atoms with Crippen LogP contribution < -0.4 is 42.6 Å². The van der Waals surface area contributed by atoms with Gasteiger partial charge < -0.3 is 42.6 Å². The molecule has 0 N–H and O–H groups in total. The largest absolute Gasteiger partial charge is 0.496 e. The van der Waals surface area contributed by atoms with Crippen LogP contribution in [0.3, 0.4) is 0 Å². The van der Waals surface area contributed by atoms with E-state index in [-0.39, 0.29) is 52.3 Å². The Morgan fingerprint density at radius 3 is 0.553 bits per heavy atom. The van der Waals surface area contributed by atoms with E-state index in [9.17, 15) is 0 Å². The predicted octanol–water partition coefficient (Wildman–Crippen LogP) is 25.2. The summed E-state index contributed by atoms with van der Waals surface area (Å²) in [5.41, 5.74) is 18.2. The van der Waals surface area contributed by atoms with E-state index in [2.05, 4.69) is 325 Å².